The monoisotopic (exact) mass is 520 g/mol. The summed E-state index contributed by atoms with van der Waals surface area (Å²) in [7, 11) is -4.27. The smallest absolute Gasteiger partial charge is 0.127 e. The zero-order valence-electron chi connectivity index (χ0n) is 21.1. The highest BCUT2D eigenvalue weighted by Gasteiger charge is 2.25. The number of rotatable bonds is 4. The van der Waals surface area contributed by atoms with E-state index >= 15 is 0 Å². The molecule has 0 bridgehead atoms. The predicted octanol–water partition coefficient (Wildman–Crippen LogP) is 6.28. The molecular formula is C30H32O4S2. The van der Waals surface area contributed by atoms with Crippen molar-refractivity contribution in [1.82, 2.24) is 0 Å². The Morgan fingerprint density at radius 3 is 2.06 bits per heavy atom. The molecule has 0 amide bonds. The lowest BCUT2D eigenvalue weighted by atomic mass is 9.95. The van der Waals surface area contributed by atoms with E-state index in [1.165, 1.54) is 57.3 Å². The van der Waals surface area contributed by atoms with E-state index < -0.39 is 10.1 Å². The summed E-state index contributed by atoms with van der Waals surface area (Å²) in [6, 6.07) is 29.4. The van der Waals surface area contributed by atoms with Crippen molar-refractivity contribution in [2.24, 2.45) is 0 Å². The summed E-state index contributed by atoms with van der Waals surface area (Å²) in [6.45, 7) is 4.55. The van der Waals surface area contributed by atoms with Crippen molar-refractivity contribution in [3.63, 3.8) is 0 Å². The van der Waals surface area contributed by atoms with Crippen LogP contribution in [0.2, 0.25) is 0 Å². The van der Waals surface area contributed by atoms with E-state index in [2.05, 4.69) is 79.2 Å². The van der Waals surface area contributed by atoms with Gasteiger partial charge in [0.05, 0.1) is 24.0 Å². The Bertz CT molecular complexity index is 1380. The summed E-state index contributed by atoms with van der Waals surface area (Å²) < 4.78 is 37.1. The van der Waals surface area contributed by atoms with Gasteiger partial charge in [-0.1, -0.05) is 78.4 Å². The molecule has 6 heteroatoms. The Morgan fingerprint density at radius 1 is 0.833 bits per heavy atom. The fraction of sp³-hybridized carbons (Fsp3) is 0.200. The van der Waals surface area contributed by atoms with E-state index in [0.717, 1.165) is 17.7 Å². The van der Waals surface area contributed by atoms with Crippen molar-refractivity contribution in [2.45, 2.75) is 25.2 Å². The molecule has 0 spiro atoms. The van der Waals surface area contributed by atoms with Crippen molar-refractivity contribution in [3.8, 4) is 28.0 Å². The average Bonchev–Trinajstić information content (AvgIpc) is 3.26. The molecule has 0 atom stereocenters. The van der Waals surface area contributed by atoms with Crippen molar-refractivity contribution < 1.29 is 17.7 Å². The maximum Gasteiger partial charge on any atom is 0.127 e. The first-order valence-corrected chi connectivity index (χ1v) is 14.9. The minimum Gasteiger partial charge on any atom is -0.744 e. The zero-order valence-corrected chi connectivity index (χ0v) is 22.8. The Labute approximate surface area is 219 Å². The van der Waals surface area contributed by atoms with E-state index in [0.29, 0.717) is 6.61 Å². The third kappa shape index (κ3) is 6.78. The molecule has 4 nitrogen and oxygen atoms in total. The number of fused-ring (bicyclic) bond motifs is 3. The van der Waals surface area contributed by atoms with Gasteiger partial charge < -0.3 is 9.29 Å². The standard InChI is InChI=1S/C21H18O.C7H8O3S.C2H6S/c1-2-22-20-13-12-17(15-8-4-3-5-9-15)19-14-16-10-6-7-11-18(16)21(19)20;1-6-2-4-7(5-3-6)11(8,9)10;1-3-2/h3-13H,2,14H2,1H3;2-5H,1H3,(H,8,9,10);1-2H3. The fourth-order valence-electron chi connectivity index (χ4n) is 4.08. The van der Waals surface area contributed by atoms with E-state index in [1.807, 2.05) is 13.8 Å². The van der Waals surface area contributed by atoms with Gasteiger partial charge in [-0.05, 0) is 78.0 Å². The number of hydrogen-bond acceptors (Lipinski definition) is 4. The fourth-order valence-corrected chi connectivity index (χ4v) is 4.55. The highest BCUT2D eigenvalue weighted by molar-refractivity contribution is 7.85. The first-order chi connectivity index (χ1) is 17.3. The van der Waals surface area contributed by atoms with Crippen LogP contribution in [0.15, 0.2) is 95.9 Å². The third-order valence-electron chi connectivity index (χ3n) is 5.62. The molecule has 0 aliphatic heterocycles. The molecule has 0 saturated carbocycles. The van der Waals surface area contributed by atoms with Crippen LogP contribution >= 0.6 is 0 Å². The minimum absolute atomic E-state index is 0.178. The van der Waals surface area contributed by atoms with E-state index in [4.69, 9.17) is 4.74 Å². The number of aryl methyl sites for hydroxylation is 1. The number of hydrogen-bond donors (Lipinski definition) is 0. The van der Waals surface area contributed by atoms with Crippen molar-refractivity contribution in [2.75, 3.05) is 19.1 Å². The molecule has 36 heavy (non-hydrogen) atoms. The lowest BCUT2D eigenvalue weighted by Gasteiger charge is -2.14. The van der Waals surface area contributed by atoms with Crippen molar-refractivity contribution >= 4 is 21.9 Å². The Hall–Kier alpha value is -3.06. The highest BCUT2D eigenvalue weighted by Crippen LogP contribution is 2.46. The Balaban J connectivity index is 0.000000217. The molecule has 0 saturated heterocycles. The molecule has 5 rings (SSSR count). The van der Waals surface area contributed by atoms with E-state index in [1.54, 1.807) is 12.1 Å². The molecule has 0 unspecified atom stereocenters. The largest absolute Gasteiger partial charge is 0.744 e. The molecular weight excluding hydrogens is 488 g/mol. The minimum atomic E-state index is -4.27. The number of thiol groups is 1. The number of ether oxygens (including phenoxy) is 1. The maximum absolute atomic E-state index is 10.4. The molecule has 0 heterocycles. The van der Waals surface area contributed by atoms with Crippen LogP contribution in [0, 0.1) is 6.92 Å². The van der Waals surface area contributed by atoms with Gasteiger partial charge in [-0.2, -0.15) is 0 Å². The van der Waals surface area contributed by atoms with Gasteiger partial charge in [-0.25, -0.2) is 8.42 Å². The third-order valence-corrected chi connectivity index (χ3v) is 6.47. The van der Waals surface area contributed by atoms with Crippen LogP contribution in [0.3, 0.4) is 0 Å². The van der Waals surface area contributed by atoms with E-state index in [-0.39, 0.29) is 4.90 Å². The SMILES string of the molecule is CCOc1ccc(-c2ccccc2)c2c1-c1ccccc1C2.C[SH+]C.Cc1ccc(S(=O)(=O)[O-])cc1. The molecule has 1 aliphatic rings. The Morgan fingerprint density at radius 2 is 1.44 bits per heavy atom. The lowest BCUT2D eigenvalue weighted by Crippen LogP contribution is -1.97. The van der Waals surface area contributed by atoms with Gasteiger partial charge in [0.25, 0.3) is 0 Å². The van der Waals surface area contributed by atoms with Crippen molar-refractivity contribution in [3.05, 3.63) is 108 Å². The topological polar surface area (TPSA) is 66.4 Å². The summed E-state index contributed by atoms with van der Waals surface area (Å²) in [5.41, 5.74) is 8.89. The molecule has 0 radical (unpaired) electrons. The molecule has 4 aromatic rings. The van der Waals surface area contributed by atoms with Crippen LogP contribution in [-0.2, 0) is 28.3 Å². The van der Waals surface area contributed by atoms with Crippen LogP contribution in [0.1, 0.15) is 23.6 Å². The van der Waals surface area contributed by atoms with Crippen LogP contribution in [0.25, 0.3) is 22.3 Å². The summed E-state index contributed by atoms with van der Waals surface area (Å²) >= 11 is 1.42. The Kier molecular flexibility index (Phi) is 9.76. The lowest BCUT2D eigenvalue weighted by molar-refractivity contribution is 0.341. The molecule has 188 valence electrons. The second kappa shape index (κ2) is 12.8. The van der Waals surface area contributed by atoms with Crippen LogP contribution in [-0.4, -0.2) is 32.1 Å². The van der Waals surface area contributed by atoms with Gasteiger partial charge in [0.1, 0.15) is 15.9 Å². The molecule has 0 aromatic heterocycles. The van der Waals surface area contributed by atoms with Crippen LogP contribution in [0.4, 0.5) is 0 Å². The molecule has 4 aromatic carbocycles. The van der Waals surface area contributed by atoms with Crippen LogP contribution in [0.5, 0.6) is 5.75 Å². The van der Waals surface area contributed by atoms with Gasteiger partial charge in [0, 0.05) is 5.56 Å². The van der Waals surface area contributed by atoms with Gasteiger partial charge in [-0.3, -0.25) is 0 Å². The van der Waals surface area contributed by atoms with Crippen molar-refractivity contribution in [1.29, 1.82) is 0 Å². The van der Waals surface area contributed by atoms with Gasteiger partial charge in [-0.15, -0.1) is 0 Å². The summed E-state index contributed by atoms with van der Waals surface area (Å²) in [5, 5.41) is 0. The molecule has 1 aliphatic carbocycles. The molecule has 0 N–H and O–H groups in total. The maximum atomic E-state index is 10.4. The molecule has 0 fully saturated rings. The normalized spacial score (nSPS) is 11.2. The summed E-state index contributed by atoms with van der Waals surface area (Å²) in [5.74, 6) is 1.00. The number of benzene rings is 4. The van der Waals surface area contributed by atoms with Gasteiger partial charge in [0.2, 0.25) is 0 Å². The average molecular weight is 521 g/mol. The second-order valence-corrected chi connectivity index (χ2v) is 10.6. The first-order valence-electron chi connectivity index (χ1n) is 11.7. The quantitative estimate of drug-likeness (QED) is 0.159. The van der Waals surface area contributed by atoms with Gasteiger partial charge in [0.15, 0.2) is 0 Å². The summed E-state index contributed by atoms with van der Waals surface area (Å²) in [4.78, 5) is -0.178. The zero-order chi connectivity index (χ0) is 26.1. The van der Waals surface area contributed by atoms with Gasteiger partial charge >= 0.3 is 0 Å². The second-order valence-electron chi connectivity index (χ2n) is 8.31. The summed E-state index contributed by atoms with van der Waals surface area (Å²) in [6.07, 6.45) is 5.18. The van der Waals surface area contributed by atoms with E-state index in [9.17, 15) is 13.0 Å². The first kappa shape index (κ1) is 27.5. The highest BCUT2D eigenvalue weighted by atomic mass is 32.2. The van der Waals surface area contributed by atoms with Crippen LogP contribution < -0.4 is 4.74 Å². The predicted molar refractivity (Wildman–Crippen MR) is 151 cm³/mol.